The number of aromatic amines is 1. The fourth-order valence-corrected chi connectivity index (χ4v) is 10.1. The van der Waals surface area contributed by atoms with Crippen LogP contribution in [0.4, 0.5) is 17.1 Å². The molecular formula is C47H54ClN9O4S. The van der Waals surface area contributed by atoms with E-state index in [1.165, 1.54) is 29.2 Å². The summed E-state index contributed by atoms with van der Waals surface area (Å²) in [4.78, 5) is 41.5. The van der Waals surface area contributed by atoms with Crippen LogP contribution in [-0.2, 0) is 6.42 Å². The van der Waals surface area contributed by atoms with Crippen molar-refractivity contribution >= 4 is 63.1 Å². The standard InChI is InChI=1S/C47H54ClN9O4S/c1-47(2)12-9-33(41(28-47)31-3-5-35(48)6-4-31)30-55-19-21-56(22-20-55)37-7-8-40(43(26-37)61-38-24-32-10-13-50-45(32)51-29-38)46(58)53-62-39-25-34-23-36(11-16-54-17-14-49-15-18-54)52-44(34)42(27-39)57(59)60/h3-8,10,13,24-27,29,36,49,52H,9,11-12,14-23,28,30H2,1-2H3,(H,50,51)(H,53,58)/t36-/m1/s1. The average molecular weight is 877 g/mol. The lowest BCUT2D eigenvalue weighted by Gasteiger charge is -2.39. The van der Waals surface area contributed by atoms with Crippen molar-refractivity contribution in [1.82, 2.24) is 29.8 Å². The number of H-pyrrole nitrogens is 1. The van der Waals surface area contributed by atoms with Gasteiger partial charge in [0.25, 0.3) is 11.6 Å². The number of amides is 1. The Hall–Kier alpha value is -5.12. The Balaban J connectivity index is 0.897. The van der Waals surface area contributed by atoms with E-state index in [1.807, 2.05) is 48.7 Å². The zero-order valence-electron chi connectivity index (χ0n) is 35.3. The molecule has 3 aliphatic heterocycles. The highest BCUT2D eigenvalue weighted by molar-refractivity contribution is 7.98. The molecule has 0 radical (unpaired) electrons. The molecule has 62 heavy (non-hydrogen) atoms. The van der Waals surface area contributed by atoms with Gasteiger partial charge in [-0.15, -0.1) is 0 Å². The van der Waals surface area contributed by atoms with E-state index in [2.05, 4.69) is 66.0 Å². The number of nitro benzene ring substituents is 1. The SMILES string of the molecule is CC1(C)CCC(CN2CCN(c3ccc(C(=O)NSc4cc5c(c([N+](=O)[O-])c4)N[C@H](CCN4CCNCC4)C5)c(Oc4cnc5[nH]ccc5c4)c3)CC2)=C(c2ccc(Cl)cc2)C1. The Kier molecular flexibility index (Phi) is 12.5. The van der Waals surface area contributed by atoms with Gasteiger partial charge in [-0.2, -0.15) is 0 Å². The number of carbonyl (C=O) groups is 1. The van der Waals surface area contributed by atoms with Gasteiger partial charge in [0, 0.05) is 111 Å². The zero-order chi connectivity index (χ0) is 42.8. The minimum Gasteiger partial charge on any atom is -0.455 e. The first-order valence-corrected chi connectivity index (χ1v) is 22.9. The highest BCUT2D eigenvalue weighted by Crippen LogP contribution is 2.44. The molecule has 15 heteroatoms. The lowest BCUT2D eigenvalue weighted by molar-refractivity contribution is -0.384. The maximum Gasteiger partial charge on any atom is 0.293 e. The van der Waals surface area contributed by atoms with Crippen LogP contribution < -0.4 is 25.0 Å². The van der Waals surface area contributed by atoms with Gasteiger partial charge in [0.15, 0.2) is 0 Å². The molecule has 2 fully saturated rings. The molecule has 2 saturated heterocycles. The summed E-state index contributed by atoms with van der Waals surface area (Å²) in [5, 5.41) is 20.7. The minimum absolute atomic E-state index is 0.0199. The topological polar surface area (TPSA) is 144 Å². The van der Waals surface area contributed by atoms with E-state index in [9.17, 15) is 14.9 Å². The number of allylic oxidation sites excluding steroid dienone is 1. The van der Waals surface area contributed by atoms with E-state index in [0.717, 1.165) is 124 Å². The molecule has 324 valence electrons. The number of fused-ring (bicyclic) bond motifs is 2. The van der Waals surface area contributed by atoms with Gasteiger partial charge in [-0.05, 0) is 109 Å². The van der Waals surface area contributed by atoms with Crippen molar-refractivity contribution in [2.24, 2.45) is 5.41 Å². The average Bonchev–Trinajstić information content (AvgIpc) is 3.93. The maximum absolute atomic E-state index is 14.0. The normalized spacial score (nSPS) is 19.3. The number of piperazine rings is 2. The molecule has 5 heterocycles. The fraction of sp³-hybridized carbons (Fsp3) is 0.404. The lowest BCUT2D eigenvalue weighted by Crippen LogP contribution is -2.47. The van der Waals surface area contributed by atoms with Crippen LogP contribution in [0.5, 0.6) is 11.5 Å². The number of anilines is 2. The predicted octanol–water partition coefficient (Wildman–Crippen LogP) is 8.77. The lowest BCUT2D eigenvalue weighted by atomic mass is 9.72. The molecule has 9 rings (SSSR count). The number of nitro groups is 1. The molecule has 1 aliphatic carbocycles. The van der Waals surface area contributed by atoms with E-state index >= 15 is 0 Å². The number of rotatable bonds is 13. The number of hydrogen-bond donors (Lipinski definition) is 4. The monoisotopic (exact) mass is 875 g/mol. The van der Waals surface area contributed by atoms with Crippen molar-refractivity contribution in [2.75, 3.05) is 75.7 Å². The number of pyridine rings is 1. The van der Waals surface area contributed by atoms with Crippen LogP contribution in [0.3, 0.4) is 0 Å². The Morgan fingerprint density at radius 2 is 1.82 bits per heavy atom. The summed E-state index contributed by atoms with van der Waals surface area (Å²) >= 11 is 7.34. The quantitative estimate of drug-likeness (QED) is 0.0512. The smallest absolute Gasteiger partial charge is 0.293 e. The number of nitrogens with one attached hydrogen (secondary N) is 4. The first-order chi connectivity index (χ1) is 30.0. The summed E-state index contributed by atoms with van der Waals surface area (Å²) in [6, 6.07) is 21.5. The van der Waals surface area contributed by atoms with Crippen LogP contribution in [0, 0.1) is 15.5 Å². The van der Waals surface area contributed by atoms with Crippen molar-refractivity contribution in [3.63, 3.8) is 0 Å². The van der Waals surface area contributed by atoms with Crippen molar-refractivity contribution in [3.05, 3.63) is 117 Å². The van der Waals surface area contributed by atoms with Crippen molar-refractivity contribution in [3.8, 4) is 11.5 Å². The van der Waals surface area contributed by atoms with Crippen molar-refractivity contribution in [1.29, 1.82) is 0 Å². The number of hydrogen-bond acceptors (Lipinski definition) is 11. The van der Waals surface area contributed by atoms with Crippen LogP contribution in [0.1, 0.15) is 61.0 Å². The van der Waals surface area contributed by atoms with Gasteiger partial charge in [0.1, 0.15) is 22.8 Å². The molecule has 5 aromatic rings. The fourth-order valence-electron chi connectivity index (χ4n) is 9.30. The Labute approximate surface area is 371 Å². The molecular weight excluding hydrogens is 822 g/mol. The first kappa shape index (κ1) is 42.2. The van der Waals surface area contributed by atoms with Gasteiger partial charge in [0.2, 0.25) is 0 Å². The van der Waals surface area contributed by atoms with Crippen LogP contribution in [0.15, 0.2) is 89.6 Å². The second-order valence-corrected chi connectivity index (χ2v) is 19.1. The third-order valence-corrected chi connectivity index (χ3v) is 13.8. The van der Waals surface area contributed by atoms with Crippen LogP contribution in [0.25, 0.3) is 16.6 Å². The third-order valence-electron chi connectivity index (χ3n) is 12.8. The second-order valence-electron chi connectivity index (χ2n) is 17.8. The van der Waals surface area contributed by atoms with E-state index in [0.29, 0.717) is 34.1 Å². The van der Waals surface area contributed by atoms with E-state index in [4.69, 9.17) is 16.3 Å². The number of halogens is 1. The van der Waals surface area contributed by atoms with Gasteiger partial charge in [-0.3, -0.25) is 24.5 Å². The summed E-state index contributed by atoms with van der Waals surface area (Å²) in [6.07, 6.45) is 8.39. The number of benzene rings is 3. The highest BCUT2D eigenvalue weighted by Gasteiger charge is 2.31. The van der Waals surface area contributed by atoms with Gasteiger partial charge in [-0.1, -0.05) is 43.2 Å². The summed E-state index contributed by atoms with van der Waals surface area (Å²) in [5.41, 5.74) is 8.06. The predicted molar refractivity (Wildman–Crippen MR) is 249 cm³/mol. The van der Waals surface area contributed by atoms with Crippen molar-refractivity contribution < 1.29 is 14.5 Å². The number of nitrogens with zero attached hydrogens (tertiary/aromatic N) is 5. The van der Waals surface area contributed by atoms with Gasteiger partial charge < -0.3 is 30.2 Å². The highest BCUT2D eigenvalue weighted by atomic mass is 35.5. The number of ether oxygens (including phenoxy) is 1. The molecule has 0 bridgehead atoms. The Bertz CT molecular complexity index is 2480. The first-order valence-electron chi connectivity index (χ1n) is 21.7. The molecule has 13 nitrogen and oxygen atoms in total. The molecule has 4 aliphatic rings. The third kappa shape index (κ3) is 9.74. The minimum atomic E-state index is -0.368. The van der Waals surface area contributed by atoms with Gasteiger partial charge in [-0.25, -0.2) is 4.98 Å². The van der Waals surface area contributed by atoms with E-state index in [-0.39, 0.29) is 28.0 Å². The van der Waals surface area contributed by atoms with Gasteiger partial charge >= 0.3 is 0 Å². The molecule has 2 aromatic heterocycles. The second kappa shape index (κ2) is 18.3. The zero-order valence-corrected chi connectivity index (χ0v) is 36.9. The summed E-state index contributed by atoms with van der Waals surface area (Å²) in [5.74, 6) is 0.542. The Morgan fingerprint density at radius 3 is 2.61 bits per heavy atom. The molecule has 4 N–H and O–H groups in total. The molecule has 1 atom stereocenters. The molecule has 0 saturated carbocycles. The summed E-state index contributed by atoms with van der Waals surface area (Å²) in [7, 11) is 0. The molecule has 0 spiro atoms. The van der Waals surface area contributed by atoms with Gasteiger partial charge in [0.05, 0.1) is 16.7 Å². The summed E-state index contributed by atoms with van der Waals surface area (Å²) in [6.45, 7) is 14.1. The largest absolute Gasteiger partial charge is 0.455 e. The maximum atomic E-state index is 14.0. The number of aromatic nitrogens is 2. The summed E-state index contributed by atoms with van der Waals surface area (Å²) < 4.78 is 9.44. The van der Waals surface area contributed by atoms with E-state index < -0.39 is 0 Å². The van der Waals surface area contributed by atoms with Crippen LogP contribution in [-0.4, -0.2) is 102 Å². The molecule has 0 unspecified atom stereocenters. The molecule has 3 aromatic carbocycles. The van der Waals surface area contributed by atoms with Crippen molar-refractivity contribution in [2.45, 2.75) is 56.9 Å². The molecule has 1 amide bonds. The van der Waals surface area contributed by atoms with Crippen LogP contribution >= 0.6 is 23.5 Å². The van der Waals surface area contributed by atoms with E-state index in [1.54, 1.807) is 12.3 Å². The number of carbonyl (C=O) groups excluding carboxylic acids is 1. The van der Waals surface area contributed by atoms with Crippen LogP contribution in [0.2, 0.25) is 5.02 Å². The Morgan fingerprint density at radius 1 is 1.02 bits per heavy atom.